The summed E-state index contributed by atoms with van der Waals surface area (Å²) in [5.41, 5.74) is 4.23. The molecule has 3 aromatic rings. The van der Waals surface area contributed by atoms with Crippen LogP contribution in [0.3, 0.4) is 0 Å². The van der Waals surface area contributed by atoms with Gasteiger partial charge >= 0.3 is 0 Å². The van der Waals surface area contributed by atoms with Crippen molar-refractivity contribution >= 4 is 5.91 Å². The summed E-state index contributed by atoms with van der Waals surface area (Å²) < 4.78 is 7.07. The summed E-state index contributed by atoms with van der Waals surface area (Å²) in [6, 6.07) is 15.7. The first-order valence-electron chi connectivity index (χ1n) is 8.65. The predicted octanol–water partition coefficient (Wildman–Crippen LogP) is 3.22. The van der Waals surface area contributed by atoms with E-state index < -0.39 is 0 Å². The van der Waals surface area contributed by atoms with E-state index in [0.717, 1.165) is 5.56 Å². The highest BCUT2D eigenvalue weighted by Crippen LogP contribution is 2.34. The van der Waals surface area contributed by atoms with Crippen LogP contribution in [0.25, 0.3) is 0 Å². The second-order valence-electron chi connectivity index (χ2n) is 6.62. The molecule has 1 unspecified atom stereocenters. The van der Waals surface area contributed by atoms with Crippen LogP contribution in [0.15, 0.2) is 60.9 Å². The summed E-state index contributed by atoms with van der Waals surface area (Å²) in [6.07, 6.45) is 3.92. The van der Waals surface area contributed by atoms with E-state index in [9.17, 15) is 4.79 Å². The van der Waals surface area contributed by atoms with Gasteiger partial charge in [0, 0.05) is 37.8 Å². The van der Waals surface area contributed by atoms with E-state index >= 15 is 0 Å². The SMILES string of the molecule is COc1cccc(C(=O)N2Cc3ccccc3C(c3cnn(C)c3)C2)c1. The molecule has 1 amide bonds. The summed E-state index contributed by atoms with van der Waals surface area (Å²) in [5, 5.41) is 4.31. The molecule has 0 fully saturated rings. The van der Waals surface area contributed by atoms with E-state index in [-0.39, 0.29) is 11.8 Å². The van der Waals surface area contributed by atoms with Crippen molar-refractivity contribution in [1.82, 2.24) is 14.7 Å². The monoisotopic (exact) mass is 347 g/mol. The van der Waals surface area contributed by atoms with E-state index in [1.165, 1.54) is 11.1 Å². The third kappa shape index (κ3) is 2.96. The number of benzene rings is 2. The number of fused-ring (bicyclic) bond motifs is 1. The zero-order valence-electron chi connectivity index (χ0n) is 14.9. The molecule has 26 heavy (non-hydrogen) atoms. The number of carbonyl (C=O) groups excluding carboxylic acids is 1. The van der Waals surface area contributed by atoms with Crippen LogP contribution in [0.2, 0.25) is 0 Å². The summed E-state index contributed by atoms with van der Waals surface area (Å²) in [7, 11) is 3.52. The van der Waals surface area contributed by atoms with Gasteiger partial charge in [-0.3, -0.25) is 9.48 Å². The second kappa shape index (κ2) is 6.67. The fourth-order valence-electron chi connectivity index (χ4n) is 3.61. The number of amides is 1. The van der Waals surface area contributed by atoms with Crippen molar-refractivity contribution in [1.29, 1.82) is 0 Å². The van der Waals surface area contributed by atoms with Crippen LogP contribution in [0.4, 0.5) is 0 Å². The van der Waals surface area contributed by atoms with E-state index in [1.807, 2.05) is 48.6 Å². The minimum absolute atomic E-state index is 0.0206. The van der Waals surface area contributed by atoms with Crippen LogP contribution >= 0.6 is 0 Å². The highest BCUT2D eigenvalue weighted by molar-refractivity contribution is 5.94. The lowest BCUT2D eigenvalue weighted by Crippen LogP contribution is -2.38. The number of carbonyl (C=O) groups is 1. The predicted molar refractivity (Wildman–Crippen MR) is 99.2 cm³/mol. The van der Waals surface area contributed by atoms with Gasteiger partial charge in [-0.25, -0.2) is 0 Å². The number of methoxy groups -OCH3 is 1. The highest BCUT2D eigenvalue weighted by atomic mass is 16.5. The minimum Gasteiger partial charge on any atom is -0.497 e. The Hall–Kier alpha value is -3.08. The average molecular weight is 347 g/mol. The molecule has 132 valence electrons. The molecule has 4 rings (SSSR count). The lowest BCUT2D eigenvalue weighted by Gasteiger charge is -2.34. The molecule has 0 spiro atoms. The average Bonchev–Trinajstić information content (AvgIpc) is 3.12. The van der Waals surface area contributed by atoms with Crippen molar-refractivity contribution in [3.63, 3.8) is 0 Å². The van der Waals surface area contributed by atoms with Gasteiger partial charge in [0.25, 0.3) is 5.91 Å². The number of hydrogen-bond acceptors (Lipinski definition) is 3. The first-order valence-corrected chi connectivity index (χ1v) is 8.65. The molecule has 0 saturated carbocycles. The van der Waals surface area contributed by atoms with Gasteiger partial charge in [-0.1, -0.05) is 30.3 Å². The molecule has 1 aromatic heterocycles. The fourth-order valence-corrected chi connectivity index (χ4v) is 3.61. The lowest BCUT2D eigenvalue weighted by atomic mass is 9.86. The number of ether oxygens (including phenoxy) is 1. The Morgan fingerprint density at radius 3 is 2.81 bits per heavy atom. The Morgan fingerprint density at radius 1 is 1.19 bits per heavy atom. The Labute approximate surface area is 152 Å². The maximum atomic E-state index is 13.1. The third-order valence-electron chi connectivity index (χ3n) is 4.93. The van der Waals surface area contributed by atoms with Crippen LogP contribution in [-0.4, -0.2) is 34.2 Å². The fraction of sp³-hybridized carbons (Fsp3) is 0.238. The molecule has 0 bridgehead atoms. The molecule has 0 saturated heterocycles. The van der Waals surface area contributed by atoms with Crippen LogP contribution < -0.4 is 4.74 Å². The molecule has 1 atom stereocenters. The topological polar surface area (TPSA) is 47.4 Å². The van der Waals surface area contributed by atoms with Gasteiger partial charge in [-0.2, -0.15) is 5.10 Å². The van der Waals surface area contributed by atoms with E-state index in [4.69, 9.17) is 4.74 Å². The zero-order chi connectivity index (χ0) is 18.1. The van der Waals surface area contributed by atoms with Gasteiger partial charge in [0.1, 0.15) is 5.75 Å². The maximum Gasteiger partial charge on any atom is 0.254 e. The first kappa shape index (κ1) is 16.4. The van der Waals surface area contributed by atoms with E-state index in [0.29, 0.717) is 24.4 Å². The molecular formula is C21H21N3O2. The lowest BCUT2D eigenvalue weighted by molar-refractivity contribution is 0.0724. The van der Waals surface area contributed by atoms with Gasteiger partial charge < -0.3 is 9.64 Å². The van der Waals surface area contributed by atoms with Gasteiger partial charge in [0.05, 0.1) is 13.3 Å². The van der Waals surface area contributed by atoms with Crippen molar-refractivity contribution in [2.45, 2.75) is 12.5 Å². The number of aryl methyl sites for hydroxylation is 1. The van der Waals surface area contributed by atoms with Gasteiger partial charge in [-0.05, 0) is 34.9 Å². The number of rotatable bonds is 3. The molecule has 0 aliphatic carbocycles. The van der Waals surface area contributed by atoms with Crippen molar-refractivity contribution in [2.75, 3.05) is 13.7 Å². The molecular weight excluding hydrogens is 326 g/mol. The summed E-state index contributed by atoms with van der Waals surface area (Å²) in [6.45, 7) is 1.25. The third-order valence-corrected chi connectivity index (χ3v) is 4.93. The molecule has 5 heteroatoms. The maximum absolute atomic E-state index is 13.1. The molecule has 0 N–H and O–H groups in total. The molecule has 2 aromatic carbocycles. The Bertz CT molecular complexity index is 948. The number of hydrogen-bond donors (Lipinski definition) is 0. The van der Waals surface area contributed by atoms with Gasteiger partial charge in [-0.15, -0.1) is 0 Å². The largest absolute Gasteiger partial charge is 0.497 e. The Kier molecular flexibility index (Phi) is 4.21. The summed E-state index contributed by atoms with van der Waals surface area (Å²) in [4.78, 5) is 15.0. The zero-order valence-corrected chi connectivity index (χ0v) is 14.9. The Morgan fingerprint density at radius 2 is 2.04 bits per heavy atom. The van der Waals surface area contributed by atoms with Gasteiger partial charge in [0.15, 0.2) is 0 Å². The van der Waals surface area contributed by atoms with Crippen LogP contribution in [-0.2, 0) is 13.6 Å². The standard InChI is InChI=1S/C21H21N3O2/c1-23-12-17(11-22-23)20-14-24(13-16-6-3-4-9-19(16)20)21(25)15-7-5-8-18(10-15)26-2/h3-12,20H,13-14H2,1-2H3. The minimum atomic E-state index is 0.0206. The van der Waals surface area contributed by atoms with Crippen LogP contribution in [0, 0.1) is 0 Å². The van der Waals surface area contributed by atoms with Crippen LogP contribution in [0.5, 0.6) is 5.75 Å². The Balaban J connectivity index is 1.69. The quantitative estimate of drug-likeness (QED) is 0.731. The highest BCUT2D eigenvalue weighted by Gasteiger charge is 2.30. The summed E-state index contributed by atoms with van der Waals surface area (Å²) in [5.74, 6) is 0.840. The second-order valence-corrected chi connectivity index (χ2v) is 6.62. The molecule has 1 aliphatic rings. The first-order chi connectivity index (χ1) is 12.7. The van der Waals surface area contributed by atoms with Crippen molar-refractivity contribution in [3.05, 3.63) is 83.2 Å². The molecule has 2 heterocycles. The van der Waals surface area contributed by atoms with E-state index in [2.05, 4.69) is 23.3 Å². The molecule has 1 aliphatic heterocycles. The number of nitrogens with zero attached hydrogens (tertiary/aromatic N) is 3. The number of aromatic nitrogens is 2. The summed E-state index contributed by atoms with van der Waals surface area (Å²) >= 11 is 0. The van der Waals surface area contributed by atoms with Crippen molar-refractivity contribution in [3.8, 4) is 5.75 Å². The normalized spacial score (nSPS) is 16.2. The smallest absolute Gasteiger partial charge is 0.254 e. The molecule has 0 radical (unpaired) electrons. The van der Waals surface area contributed by atoms with Crippen molar-refractivity contribution < 1.29 is 9.53 Å². The van der Waals surface area contributed by atoms with Gasteiger partial charge in [0.2, 0.25) is 0 Å². The molecule has 5 nitrogen and oxygen atoms in total. The van der Waals surface area contributed by atoms with E-state index in [1.54, 1.807) is 17.9 Å². The van der Waals surface area contributed by atoms with Crippen molar-refractivity contribution in [2.24, 2.45) is 7.05 Å². The van der Waals surface area contributed by atoms with Crippen LogP contribution in [0.1, 0.15) is 33.0 Å².